The maximum absolute atomic E-state index is 10.9. The number of nitrogens with one attached hydrogen (secondary N) is 1. The average molecular weight is 245 g/mol. The standard InChI is InChI=1S/C13H27NO3/c1-10(2)13(3,4)9-14-8-11(15)6-7-12(16)17-5/h10-11,14-15H,6-9H2,1-5H3. The van der Waals surface area contributed by atoms with Gasteiger partial charge in [-0.15, -0.1) is 0 Å². The van der Waals surface area contributed by atoms with Crippen LogP contribution in [-0.4, -0.2) is 37.4 Å². The molecule has 0 heterocycles. The first-order chi connectivity index (χ1) is 7.79. The van der Waals surface area contributed by atoms with E-state index in [9.17, 15) is 9.90 Å². The molecule has 0 aliphatic carbocycles. The summed E-state index contributed by atoms with van der Waals surface area (Å²) in [6.07, 6.45) is 0.228. The van der Waals surface area contributed by atoms with E-state index >= 15 is 0 Å². The molecule has 0 aromatic carbocycles. The lowest BCUT2D eigenvalue weighted by Crippen LogP contribution is -2.37. The van der Waals surface area contributed by atoms with Gasteiger partial charge in [-0.3, -0.25) is 4.79 Å². The Bertz CT molecular complexity index is 227. The van der Waals surface area contributed by atoms with Gasteiger partial charge in [0, 0.05) is 19.5 Å². The highest BCUT2D eigenvalue weighted by molar-refractivity contribution is 5.69. The molecule has 0 aliphatic heterocycles. The van der Waals surface area contributed by atoms with Gasteiger partial charge in [-0.2, -0.15) is 0 Å². The lowest BCUT2D eigenvalue weighted by atomic mass is 9.81. The summed E-state index contributed by atoms with van der Waals surface area (Å²) in [5.41, 5.74) is 0.210. The van der Waals surface area contributed by atoms with Crippen LogP contribution in [0.25, 0.3) is 0 Å². The SMILES string of the molecule is COC(=O)CCC(O)CNCC(C)(C)C(C)C. The Balaban J connectivity index is 3.71. The molecule has 0 saturated heterocycles. The lowest BCUT2D eigenvalue weighted by Gasteiger charge is -2.30. The molecule has 17 heavy (non-hydrogen) atoms. The zero-order valence-corrected chi connectivity index (χ0v) is 11.7. The second-order valence-electron chi connectivity index (χ2n) is 5.54. The molecule has 4 nitrogen and oxygen atoms in total. The van der Waals surface area contributed by atoms with Crippen LogP contribution in [0.2, 0.25) is 0 Å². The summed E-state index contributed by atoms with van der Waals surface area (Å²) >= 11 is 0. The highest BCUT2D eigenvalue weighted by Crippen LogP contribution is 2.24. The number of aliphatic hydroxyl groups excluding tert-OH is 1. The molecule has 0 radical (unpaired) electrons. The van der Waals surface area contributed by atoms with Gasteiger partial charge in [-0.05, 0) is 17.8 Å². The third-order valence-corrected chi connectivity index (χ3v) is 3.43. The molecule has 0 fully saturated rings. The molecule has 0 amide bonds. The topological polar surface area (TPSA) is 58.6 Å². The van der Waals surface area contributed by atoms with Gasteiger partial charge in [0.1, 0.15) is 0 Å². The fourth-order valence-electron chi connectivity index (χ4n) is 1.25. The Morgan fingerprint density at radius 2 is 2.00 bits per heavy atom. The molecule has 0 bridgehead atoms. The van der Waals surface area contributed by atoms with E-state index in [-0.39, 0.29) is 17.8 Å². The molecule has 1 unspecified atom stereocenters. The Hall–Kier alpha value is -0.610. The van der Waals surface area contributed by atoms with E-state index in [0.29, 0.717) is 18.9 Å². The summed E-state index contributed by atoms with van der Waals surface area (Å²) in [6, 6.07) is 0. The van der Waals surface area contributed by atoms with Crippen LogP contribution >= 0.6 is 0 Å². The van der Waals surface area contributed by atoms with Crippen LogP contribution in [0.5, 0.6) is 0 Å². The molecular formula is C13H27NO3. The average Bonchev–Trinajstić information content (AvgIpc) is 2.25. The second kappa shape index (κ2) is 7.67. The van der Waals surface area contributed by atoms with Crippen LogP contribution in [0.3, 0.4) is 0 Å². The van der Waals surface area contributed by atoms with Crippen LogP contribution in [-0.2, 0) is 9.53 Å². The zero-order valence-electron chi connectivity index (χ0n) is 11.7. The van der Waals surface area contributed by atoms with Crippen LogP contribution < -0.4 is 5.32 Å². The minimum absolute atomic E-state index is 0.210. The quantitative estimate of drug-likeness (QED) is 0.637. The van der Waals surface area contributed by atoms with Crippen molar-refractivity contribution >= 4 is 5.97 Å². The van der Waals surface area contributed by atoms with Gasteiger partial charge >= 0.3 is 5.97 Å². The van der Waals surface area contributed by atoms with Gasteiger partial charge in [-0.25, -0.2) is 0 Å². The van der Waals surface area contributed by atoms with E-state index in [2.05, 4.69) is 37.7 Å². The zero-order chi connectivity index (χ0) is 13.5. The van der Waals surface area contributed by atoms with Gasteiger partial charge in [0.05, 0.1) is 13.2 Å². The van der Waals surface area contributed by atoms with E-state index < -0.39 is 6.10 Å². The van der Waals surface area contributed by atoms with E-state index in [0.717, 1.165) is 6.54 Å². The number of ether oxygens (including phenoxy) is 1. The first kappa shape index (κ1) is 16.4. The second-order valence-corrected chi connectivity index (χ2v) is 5.54. The van der Waals surface area contributed by atoms with Crippen LogP contribution in [0.1, 0.15) is 40.5 Å². The first-order valence-corrected chi connectivity index (χ1v) is 6.25. The number of methoxy groups -OCH3 is 1. The fraction of sp³-hybridized carbons (Fsp3) is 0.923. The molecular weight excluding hydrogens is 218 g/mol. The Kier molecular flexibility index (Phi) is 7.39. The van der Waals surface area contributed by atoms with Crippen molar-refractivity contribution in [1.82, 2.24) is 5.32 Å². The molecule has 2 N–H and O–H groups in total. The smallest absolute Gasteiger partial charge is 0.305 e. The third kappa shape index (κ3) is 7.34. The van der Waals surface area contributed by atoms with E-state index in [1.54, 1.807) is 0 Å². The van der Waals surface area contributed by atoms with Crippen molar-refractivity contribution in [3.8, 4) is 0 Å². The van der Waals surface area contributed by atoms with Crippen molar-refractivity contribution < 1.29 is 14.6 Å². The highest BCUT2D eigenvalue weighted by Gasteiger charge is 2.21. The number of esters is 1. The number of hydrogen-bond acceptors (Lipinski definition) is 4. The summed E-state index contributed by atoms with van der Waals surface area (Å²) in [5, 5.41) is 12.9. The summed E-state index contributed by atoms with van der Waals surface area (Å²) in [5.74, 6) is 0.314. The summed E-state index contributed by atoms with van der Waals surface area (Å²) in [4.78, 5) is 10.9. The normalized spacial score (nSPS) is 13.8. The van der Waals surface area contributed by atoms with Gasteiger partial charge < -0.3 is 15.2 Å². The van der Waals surface area contributed by atoms with Crippen molar-refractivity contribution in [3.63, 3.8) is 0 Å². The molecule has 0 rings (SSSR count). The van der Waals surface area contributed by atoms with Gasteiger partial charge in [-0.1, -0.05) is 27.7 Å². The number of carbonyl (C=O) groups excluding carboxylic acids is 1. The number of hydrogen-bond donors (Lipinski definition) is 2. The number of carbonyl (C=O) groups is 1. The minimum Gasteiger partial charge on any atom is -0.469 e. The molecule has 0 aliphatic rings. The molecule has 0 saturated carbocycles. The largest absolute Gasteiger partial charge is 0.469 e. The number of aliphatic hydroxyl groups is 1. The molecule has 4 heteroatoms. The summed E-state index contributed by atoms with van der Waals surface area (Å²) in [6.45, 7) is 10.2. The molecule has 0 aromatic heterocycles. The van der Waals surface area contributed by atoms with E-state index in [4.69, 9.17) is 0 Å². The summed E-state index contributed by atoms with van der Waals surface area (Å²) in [7, 11) is 1.36. The Morgan fingerprint density at radius 1 is 1.41 bits per heavy atom. The monoisotopic (exact) mass is 245 g/mol. The van der Waals surface area contributed by atoms with Crippen molar-refractivity contribution in [1.29, 1.82) is 0 Å². The molecule has 1 atom stereocenters. The Labute approximate surface area is 105 Å². The minimum atomic E-state index is -0.489. The van der Waals surface area contributed by atoms with E-state index in [1.807, 2.05) is 0 Å². The number of rotatable bonds is 8. The molecule has 0 spiro atoms. The van der Waals surface area contributed by atoms with Crippen molar-refractivity contribution in [2.75, 3.05) is 20.2 Å². The van der Waals surface area contributed by atoms with Gasteiger partial charge in [0.15, 0.2) is 0 Å². The van der Waals surface area contributed by atoms with Crippen molar-refractivity contribution in [3.05, 3.63) is 0 Å². The third-order valence-electron chi connectivity index (χ3n) is 3.43. The van der Waals surface area contributed by atoms with Gasteiger partial charge in [0.25, 0.3) is 0 Å². The predicted octanol–water partition coefficient (Wildman–Crippen LogP) is 1.57. The summed E-state index contributed by atoms with van der Waals surface area (Å²) < 4.78 is 4.52. The maximum Gasteiger partial charge on any atom is 0.305 e. The van der Waals surface area contributed by atoms with Crippen LogP contribution in [0.4, 0.5) is 0 Å². The maximum atomic E-state index is 10.9. The van der Waals surface area contributed by atoms with Gasteiger partial charge in [0.2, 0.25) is 0 Å². The Morgan fingerprint density at radius 3 is 2.47 bits per heavy atom. The van der Waals surface area contributed by atoms with E-state index in [1.165, 1.54) is 7.11 Å². The van der Waals surface area contributed by atoms with Crippen LogP contribution in [0.15, 0.2) is 0 Å². The van der Waals surface area contributed by atoms with Crippen LogP contribution in [0, 0.1) is 11.3 Å². The van der Waals surface area contributed by atoms with Crippen molar-refractivity contribution in [2.24, 2.45) is 11.3 Å². The van der Waals surface area contributed by atoms with Crippen molar-refractivity contribution in [2.45, 2.75) is 46.6 Å². The molecule has 0 aromatic rings. The fourth-order valence-corrected chi connectivity index (χ4v) is 1.25. The molecule has 102 valence electrons. The lowest BCUT2D eigenvalue weighted by molar-refractivity contribution is -0.141. The highest BCUT2D eigenvalue weighted by atomic mass is 16.5. The predicted molar refractivity (Wildman–Crippen MR) is 68.7 cm³/mol. The first-order valence-electron chi connectivity index (χ1n) is 6.25.